The number of rotatable bonds is 3. The number of hydrogen-bond donors (Lipinski definition) is 0. The number of halogens is 1. The van der Waals surface area contributed by atoms with E-state index in [2.05, 4.69) is 29.2 Å². The number of thiazole rings is 1. The van der Waals surface area contributed by atoms with E-state index in [9.17, 15) is 0 Å². The number of hydrogen-bond acceptors (Lipinski definition) is 6. The molecule has 0 bridgehead atoms. The molecule has 2 aromatic carbocycles. The molecule has 0 fully saturated rings. The molecule has 5 nitrogen and oxygen atoms in total. The smallest absolute Gasteiger partial charge is 0.212 e. The molecule has 24 heavy (non-hydrogen) atoms. The standard InChI is InChI=1S/C17H15N5S.BrH/c1-20-19-16(14-8-4-2-5-9-14)21(17-18-12-13-23-17)22(20)15-10-6-3-7-11-15;/h2-13H,1H3;1H. The molecule has 122 valence electrons. The zero-order valence-electron chi connectivity index (χ0n) is 13.0. The molecule has 0 aliphatic carbocycles. The summed E-state index contributed by atoms with van der Waals surface area (Å²) in [4.78, 5) is 4.48. The van der Waals surface area contributed by atoms with Crippen LogP contribution < -0.4 is 10.1 Å². The minimum atomic E-state index is 0. The van der Waals surface area contributed by atoms with Gasteiger partial charge in [0, 0.05) is 24.2 Å². The van der Waals surface area contributed by atoms with Gasteiger partial charge >= 0.3 is 0 Å². The van der Waals surface area contributed by atoms with Crippen LogP contribution in [0.25, 0.3) is 0 Å². The van der Waals surface area contributed by atoms with Gasteiger partial charge in [0.25, 0.3) is 0 Å². The van der Waals surface area contributed by atoms with E-state index in [-0.39, 0.29) is 17.0 Å². The van der Waals surface area contributed by atoms with Crippen LogP contribution in [0.4, 0.5) is 10.8 Å². The summed E-state index contributed by atoms with van der Waals surface area (Å²) in [5, 5.41) is 13.5. The Morgan fingerprint density at radius 2 is 1.58 bits per heavy atom. The maximum absolute atomic E-state index is 4.72. The molecule has 1 aliphatic rings. The van der Waals surface area contributed by atoms with Gasteiger partial charge in [0.1, 0.15) is 0 Å². The van der Waals surface area contributed by atoms with Crippen molar-refractivity contribution in [2.45, 2.75) is 0 Å². The Hall–Kier alpha value is -2.38. The molecule has 0 N–H and O–H groups in total. The van der Waals surface area contributed by atoms with E-state index in [1.807, 2.05) is 70.3 Å². The molecular formula is C17H16BrN5S. The predicted octanol–water partition coefficient (Wildman–Crippen LogP) is 4.17. The monoisotopic (exact) mass is 401 g/mol. The third-order valence-electron chi connectivity index (χ3n) is 3.52. The van der Waals surface area contributed by atoms with E-state index in [0.29, 0.717) is 0 Å². The Morgan fingerprint density at radius 3 is 2.21 bits per heavy atom. The van der Waals surface area contributed by atoms with Crippen LogP contribution in [0.5, 0.6) is 0 Å². The highest BCUT2D eigenvalue weighted by molar-refractivity contribution is 8.93. The van der Waals surface area contributed by atoms with E-state index >= 15 is 0 Å². The second-order valence-corrected chi connectivity index (χ2v) is 5.90. The van der Waals surface area contributed by atoms with Gasteiger partial charge in [0.05, 0.1) is 5.69 Å². The van der Waals surface area contributed by atoms with E-state index in [4.69, 9.17) is 5.10 Å². The lowest BCUT2D eigenvalue weighted by molar-refractivity contribution is 0.351. The maximum Gasteiger partial charge on any atom is 0.212 e. The van der Waals surface area contributed by atoms with Crippen molar-refractivity contribution >= 4 is 45.0 Å². The fourth-order valence-electron chi connectivity index (χ4n) is 2.54. The molecule has 3 aromatic rings. The Kier molecular flexibility index (Phi) is 4.82. The molecule has 4 rings (SSSR count). The summed E-state index contributed by atoms with van der Waals surface area (Å²) in [6.45, 7) is 0. The number of amidine groups is 1. The summed E-state index contributed by atoms with van der Waals surface area (Å²) in [7, 11) is 1.93. The van der Waals surface area contributed by atoms with E-state index in [1.54, 1.807) is 11.3 Å². The van der Waals surface area contributed by atoms with Gasteiger partial charge in [0.2, 0.25) is 5.13 Å². The fraction of sp³-hybridized carbons (Fsp3) is 0.0588. The van der Waals surface area contributed by atoms with Crippen LogP contribution in [-0.4, -0.2) is 23.0 Å². The van der Waals surface area contributed by atoms with Crippen LogP contribution in [0.2, 0.25) is 0 Å². The Balaban J connectivity index is 0.00000169. The van der Waals surface area contributed by atoms with Crippen molar-refractivity contribution in [2.75, 3.05) is 17.2 Å². The second-order valence-electron chi connectivity index (χ2n) is 5.03. The highest BCUT2D eigenvalue weighted by Crippen LogP contribution is 2.31. The van der Waals surface area contributed by atoms with Crippen LogP contribution in [0, 0.1) is 0 Å². The number of aromatic nitrogens is 1. The predicted molar refractivity (Wildman–Crippen MR) is 105 cm³/mol. The third kappa shape index (κ3) is 2.88. The highest BCUT2D eigenvalue weighted by atomic mass is 79.9. The van der Waals surface area contributed by atoms with Crippen molar-refractivity contribution in [2.24, 2.45) is 5.10 Å². The quantitative estimate of drug-likeness (QED) is 0.659. The summed E-state index contributed by atoms with van der Waals surface area (Å²) >= 11 is 1.58. The van der Waals surface area contributed by atoms with Gasteiger partial charge in [-0.25, -0.2) is 4.98 Å². The highest BCUT2D eigenvalue weighted by Gasteiger charge is 2.34. The SMILES string of the molecule is Br.CN1N=C(c2ccccc2)N(c2nccs2)N1c1ccccc1. The van der Waals surface area contributed by atoms with E-state index in [1.165, 1.54) is 0 Å². The summed E-state index contributed by atoms with van der Waals surface area (Å²) < 4.78 is 0. The lowest BCUT2D eigenvalue weighted by atomic mass is 10.2. The van der Waals surface area contributed by atoms with Gasteiger partial charge < -0.3 is 0 Å². The van der Waals surface area contributed by atoms with Crippen molar-refractivity contribution in [1.29, 1.82) is 0 Å². The molecule has 0 unspecified atom stereocenters. The first-order valence-electron chi connectivity index (χ1n) is 7.27. The second kappa shape index (κ2) is 7.02. The number of para-hydroxylation sites is 1. The average molecular weight is 402 g/mol. The Bertz CT molecular complexity index is 808. The van der Waals surface area contributed by atoms with Crippen LogP contribution >= 0.6 is 28.3 Å². The first-order chi connectivity index (χ1) is 11.3. The summed E-state index contributed by atoms with van der Waals surface area (Å²) in [5.74, 6) is 0.854. The van der Waals surface area contributed by atoms with Crippen molar-refractivity contribution in [3.63, 3.8) is 0 Å². The number of benzene rings is 2. The number of anilines is 2. The molecule has 0 saturated carbocycles. The van der Waals surface area contributed by atoms with Crippen molar-refractivity contribution < 1.29 is 0 Å². The zero-order chi connectivity index (χ0) is 15.6. The molecule has 0 saturated heterocycles. The minimum absolute atomic E-state index is 0. The molecule has 0 radical (unpaired) electrons. The van der Waals surface area contributed by atoms with Crippen LogP contribution in [-0.2, 0) is 0 Å². The van der Waals surface area contributed by atoms with E-state index < -0.39 is 0 Å². The molecule has 1 aliphatic heterocycles. The normalized spacial score (nSPS) is 13.7. The van der Waals surface area contributed by atoms with Gasteiger partial charge in [-0.1, -0.05) is 48.5 Å². The van der Waals surface area contributed by atoms with Crippen molar-refractivity contribution in [3.8, 4) is 0 Å². The summed E-state index contributed by atoms with van der Waals surface area (Å²) in [5.41, 5.74) is 2.08. The topological polar surface area (TPSA) is 35.0 Å². The van der Waals surface area contributed by atoms with Gasteiger partial charge in [-0.15, -0.1) is 33.4 Å². The van der Waals surface area contributed by atoms with Crippen LogP contribution in [0.3, 0.4) is 0 Å². The summed E-state index contributed by atoms with van der Waals surface area (Å²) in [6, 6.07) is 20.3. The molecule has 2 heterocycles. The van der Waals surface area contributed by atoms with E-state index in [0.717, 1.165) is 22.2 Å². The third-order valence-corrected chi connectivity index (χ3v) is 4.27. The van der Waals surface area contributed by atoms with Gasteiger partial charge in [-0.2, -0.15) is 15.2 Å². The lowest BCUT2D eigenvalue weighted by Crippen LogP contribution is -2.47. The Labute approximate surface area is 155 Å². The van der Waals surface area contributed by atoms with Crippen LogP contribution in [0.1, 0.15) is 5.56 Å². The molecular weight excluding hydrogens is 386 g/mol. The van der Waals surface area contributed by atoms with Gasteiger partial charge in [-0.3, -0.25) is 0 Å². The van der Waals surface area contributed by atoms with Gasteiger partial charge in [-0.05, 0) is 12.1 Å². The number of hydrazone groups is 1. The average Bonchev–Trinajstić information content (AvgIpc) is 3.24. The first-order valence-corrected chi connectivity index (χ1v) is 8.15. The van der Waals surface area contributed by atoms with Crippen molar-refractivity contribution in [3.05, 3.63) is 77.8 Å². The minimum Gasteiger partial charge on any atom is -0.227 e. The van der Waals surface area contributed by atoms with Crippen LogP contribution in [0.15, 0.2) is 77.3 Å². The van der Waals surface area contributed by atoms with Gasteiger partial charge in [0.15, 0.2) is 5.84 Å². The first kappa shape index (κ1) is 16.5. The molecule has 0 spiro atoms. The molecule has 7 heteroatoms. The number of nitrogens with zero attached hydrogens (tertiary/aromatic N) is 5. The maximum atomic E-state index is 4.72. The largest absolute Gasteiger partial charge is 0.227 e. The summed E-state index contributed by atoms with van der Waals surface area (Å²) in [6.07, 6.45) is 1.81. The Morgan fingerprint density at radius 1 is 0.917 bits per heavy atom. The lowest BCUT2D eigenvalue weighted by Gasteiger charge is -2.32. The number of hydrazine groups is 2. The molecule has 1 aromatic heterocycles. The molecule has 0 amide bonds. The van der Waals surface area contributed by atoms with Crippen molar-refractivity contribution in [1.82, 2.24) is 10.1 Å². The zero-order valence-corrected chi connectivity index (χ0v) is 15.5. The fourth-order valence-corrected chi connectivity index (χ4v) is 3.17. The molecule has 0 atom stereocenters.